The third-order valence-electron chi connectivity index (χ3n) is 8.38. The Balaban J connectivity index is 1.46. The Hall–Kier alpha value is -5.59. The fraction of sp³-hybridized carbons (Fsp3) is 0.0263. The van der Waals surface area contributed by atoms with Gasteiger partial charge < -0.3 is 4.57 Å². The SMILES string of the molecule is C#C/C=C\c1c(C)c2cc(-c3ccc4c(c3)c3ccccc3n4-c3ccccc3)cc3c4ccccc4n(c1=O)c23. The molecule has 0 fully saturated rings. The van der Waals surface area contributed by atoms with Gasteiger partial charge in [0.1, 0.15) is 0 Å². The molecule has 5 aromatic carbocycles. The predicted molar refractivity (Wildman–Crippen MR) is 172 cm³/mol. The van der Waals surface area contributed by atoms with E-state index in [1.54, 1.807) is 12.2 Å². The van der Waals surface area contributed by atoms with Crippen molar-refractivity contribution in [2.45, 2.75) is 6.92 Å². The van der Waals surface area contributed by atoms with Crippen LogP contribution in [-0.2, 0) is 0 Å². The number of benzene rings is 5. The summed E-state index contributed by atoms with van der Waals surface area (Å²) in [6.45, 7) is 2.02. The molecule has 0 aliphatic rings. The maximum Gasteiger partial charge on any atom is 0.263 e. The second kappa shape index (κ2) is 8.71. The molecule has 0 radical (unpaired) electrons. The first-order valence-corrected chi connectivity index (χ1v) is 13.7. The lowest BCUT2D eigenvalue weighted by Crippen LogP contribution is -2.17. The van der Waals surface area contributed by atoms with Crippen molar-refractivity contribution in [3.8, 4) is 29.2 Å². The van der Waals surface area contributed by atoms with Gasteiger partial charge in [-0.25, -0.2) is 0 Å². The maximum atomic E-state index is 13.7. The molecule has 192 valence electrons. The number of terminal acetylenes is 1. The molecule has 0 bridgehead atoms. The van der Waals surface area contributed by atoms with Gasteiger partial charge in [0.05, 0.1) is 22.1 Å². The molecule has 0 spiro atoms. The molecule has 0 N–H and O–H groups in total. The molecule has 8 rings (SSSR count). The van der Waals surface area contributed by atoms with E-state index in [-0.39, 0.29) is 5.56 Å². The third-order valence-corrected chi connectivity index (χ3v) is 8.38. The number of aromatic nitrogens is 2. The summed E-state index contributed by atoms with van der Waals surface area (Å²) in [5, 5.41) is 5.62. The van der Waals surface area contributed by atoms with Crippen LogP contribution in [0.1, 0.15) is 11.1 Å². The van der Waals surface area contributed by atoms with Gasteiger partial charge >= 0.3 is 0 Å². The van der Waals surface area contributed by atoms with E-state index in [4.69, 9.17) is 6.42 Å². The second-order valence-electron chi connectivity index (χ2n) is 10.5. The first kappa shape index (κ1) is 23.3. The zero-order valence-electron chi connectivity index (χ0n) is 22.4. The average molecular weight is 525 g/mol. The van der Waals surface area contributed by atoms with Crippen molar-refractivity contribution in [1.29, 1.82) is 0 Å². The topological polar surface area (TPSA) is 26.4 Å². The van der Waals surface area contributed by atoms with Crippen molar-refractivity contribution in [1.82, 2.24) is 8.97 Å². The minimum Gasteiger partial charge on any atom is -0.309 e. The normalized spacial score (nSPS) is 12.0. The van der Waals surface area contributed by atoms with Crippen LogP contribution in [0.3, 0.4) is 0 Å². The molecule has 0 unspecified atom stereocenters. The minimum absolute atomic E-state index is 0.0457. The molecule has 3 aromatic heterocycles. The van der Waals surface area contributed by atoms with Crippen LogP contribution in [0.15, 0.2) is 120 Å². The van der Waals surface area contributed by atoms with Gasteiger partial charge in [0.2, 0.25) is 0 Å². The van der Waals surface area contributed by atoms with Crippen LogP contribution in [0.5, 0.6) is 0 Å². The number of aryl methyl sites for hydroxylation is 1. The third kappa shape index (κ3) is 3.25. The number of allylic oxidation sites excluding steroid dienone is 1. The highest BCUT2D eigenvalue weighted by Gasteiger charge is 2.20. The predicted octanol–water partition coefficient (Wildman–Crippen LogP) is 8.76. The monoisotopic (exact) mass is 524 g/mol. The summed E-state index contributed by atoms with van der Waals surface area (Å²) in [6, 6.07) is 38.4. The van der Waals surface area contributed by atoms with Gasteiger partial charge in [0, 0.05) is 38.2 Å². The first-order valence-electron chi connectivity index (χ1n) is 13.7. The van der Waals surface area contributed by atoms with Crippen molar-refractivity contribution < 1.29 is 0 Å². The van der Waals surface area contributed by atoms with Crippen LogP contribution in [0.4, 0.5) is 0 Å². The van der Waals surface area contributed by atoms with Crippen molar-refractivity contribution in [3.63, 3.8) is 0 Å². The van der Waals surface area contributed by atoms with E-state index in [0.717, 1.165) is 49.6 Å². The molecule has 0 saturated heterocycles. The summed E-state index contributed by atoms with van der Waals surface area (Å²) in [7, 11) is 0. The summed E-state index contributed by atoms with van der Waals surface area (Å²) < 4.78 is 4.18. The van der Waals surface area contributed by atoms with Crippen LogP contribution in [0.2, 0.25) is 0 Å². The van der Waals surface area contributed by atoms with Crippen molar-refractivity contribution in [2.75, 3.05) is 0 Å². The molecule has 0 aliphatic heterocycles. The molecule has 3 heterocycles. The number of para-hydroxylation sites is 3. The summed E-state index contributed by atoms with van der Waals surface area (Å²) >= 11 is 0. The highest BCUT2D eigenvalue weighted by atomic mass is 16.1. The molecular formula is C38H24N2O. The Morgan fingerprint density at radius 2 is 1.29 bits per heavy atom. The lowest BCUT2D eigenvalue weighted by Gasteiger charge is -2.12. The Kier molecular flexibility index (Phi) is 4.95. The number of hydrogen-bond acceptors (Lipinski definition) is 1. The maximum absolute atomic E-state index is 13.7. The van der Waals surface area contributed by atoms with Crippen LogP contribution < -0.4 is 5.56 Å². The van der Waals surface area contributed by atoms with Gasteiger partial charge in [0.15, 0.2) is 0 Å². The first-order chi connectivity index (χ1) is 20.2. The van der Waals surface area contributed by atoms with Gasteiger partial charge in [0.25, 0.3) is 5.56 Å². The minimum atomic E-state index is -0.0457. The number of hydrogen-bond donors (Lipinski definition) is 0. The largest absolute Gasteiger partial charge is 0.309 e. The highest BCUT2D eigenvalue weighted by Crippen LogP contribution is 2.39. The molecule has 41 heavy (non-hydrogen) atoms. The zero-order valence-corrected chi connectivity index (χ0v) is 22.4. The lowest BCUT2D eigenvalue weighted by atomic mass is 9.95. The number of pyridine rings is 1. The summed E-state index contributed by atoms with van der Waals surface area (Å²) in [6.07, 6.45) is 8.89. The standard InChI is InChI=1S/C38H24N2O/c1-3-4-14-28-24(2)31-22-26(23-33-30-16-9-11-18-35(30)40(37(31)33)38(28)41)25-19-20-36-32(21-25)29-15-8-10-17-34(29)39(36)27-12-6-5-7-13-27/h1,4-23H,2H3/b14-4-. The van der Waals surface area contributed by atoms with Gasteiger partial charge in [-0.05, 0) is 84.3 Å². The average Bonchev–Trinajstić information content (AvgIpc) is 3.53. The molecule has 3 heteroatoms. The molecule has 0 aliphatic carbocycles. The Labute approximate surface area is 236 Å². The van der Waals surface area contributed by atoms with E-state index in [0.29, 0.717) is 5.56 Å². The van der Waals surface area contributed by atoms with Gasteiger partial charge in [-0.1, -0.05) is 66.6 Å². The second-order valence-corrected chi connectivity index (χ2v) is 10.5. The van der Waals surface area contributed by atoms with E-state index >= 15 is 0 Å². The molecule has 3 nitrogen and oxygen atoms in total. The molecular weight excluding hydrogens is 500 g/mol. The Bertz CT molecular complexity index is 2450. The van der Waals surface area contributed by atoms with Crippen molar-refractivity contribution in [3.05, 3.63) is 137 Å². The van der Waals surface area contributed by atoms with Crippen molar-refractivity contribution >= 4 is 55.1 Å². The Morgan fingerprint density at radius 1 is 0.659 bits per heavy atom. The van der Waals surface area contributed by atoms with Crippen LogP contribution in [0.25, 0.3) is 71.9 Å². The van der Waals surface area contributed by atoms with E-state index < -0.39 is 0 Å². The fourth-order valence-electron chi connectivity index (χ4n) is 6.52. The molecule has 0 saturated carbocycles. The highest BCUT2D eigenvalue weighted by molar-refractivity contribution is 6.17. The Morgan fingerprint density at radius 3 is 2.07 bits per heavy atom. The fourth-order valence-corrected chi connectivity index (χ4v) is 6.52. The van der Waals surface area contributed by atoms with Crippen LogP contribution >= 0.6 is 0 Å². The van der Waals surface area contributed by atoms with Crippen molar-refractivity contribution in [2.24, 2.45) is 0 Å². The zero-order chi connectivity index (χ0) is 27.7. The van der Waals surface area contributed by atoms with E-state index in [2.05, 4.69) is 95.4 Å². The van der Waals surface area contributed by atoms with Gasteiger partial charge in [-0.2, -0.15) is 0 Å². The summed E-state index contributed by atoms with van der Waals surface area (Å²) in [5.41, 5.74) is 9.12. The summed E-state index contributed by atoms with van der Waals surface area (Å²) in [5.74, 6) is 2.54. The number of fused-ring (bicyclic) bond motifs is 6. The number of rotatable bonds is 3. The van der Waals surface area contributed by atoms with Crippen LogP contribution in [0, 0.1) is 19.3 Å². The quantitative estimate of drug-likeness (QED) is 0.212. The number of nitrogens with zero attached hydrogens (tertiary/aromatic N) is 2. The van der Waals surface area contributed by atoms with E-state index in [1.807, 2.05) is 35.6 Å². The smallest absolute Gasteiger partial charge is 0.263 e. The van der Waals surface area contributed by atoms with Gasteiger partial charge in [-0.3, -0.25) is 9.20 Å². The van der Waals surface area contributed by atoms with E-state index in [1.165, 1.54) is 21.8 Å². The molecule has 0 amide bonds. The van der Waals surface area contributed by atoms with E-state index in [9.17, 15) is 4.79 Å². The van der Waals surface area contributed by atoms with Gasteiger partial charge in [-0.15, -0.1) is 6.42 Å². The lowest BCUT2D eigenvalue weighted by molar-refractivity contribution is 1.16. The summed E-state index contributed by atoms with van der Waals surface area (Å²) in [4.78, 5) is 13.7. The van der Waals surface area contributed by atoms with Crippen LogP contribution in [-0.4, -0.2) is 8.97 Å². The molecule has 0 atom stereocenters. The molecule has 8 aromatic rings.